The van der Waals surface area contributed by atoms with Gasteiger partial charge in [0.2, 0.25) is 0 Å². The second-order valence-electron chi connectivity index (χ2n) is 3.46. The van der Waals surface area contributed by atoms with E-state index in [0.717, 1.165) is 21.5 Å². The fourth-order valence-electron chi connectivity index (χ4n) is 1.38. The first kappa shape index (κ1) is 12.4. The zero-order valence-corrected chi connectivity index (χ0v) is 10.9. The predicted molar refractivity (Wildman–Crippen MR) is 66.4 cm³/mol. The fraction of sp³-hybridized carbons (Fsp3) is 0.0833. The third kappa shape index (κ3) is 2.98. The maximum absolute atomic E-state index is 13.0. The normalized spacial score (nSPS) is 10.5. The summed E-state index contributed by atoms with van der Waals surface area (Å²) in [7, 11) is 0. The number of halogens is 3. The van der Waals surface area contributed by atoms with Crippen LogP contribution in [0.4, 0.5) is 8.78 Å². The molecule has 1 aromatic heterocycles. The molecule has 1 aromatic carbocycles. The van der Waals surface area contributed by atoms with Crippen molar-refractivity contribution in [2.75, 3.05) is 0 Å². The van der Waals surface area contributed by atoms with Crippen molar-refractivity contribution in [3.63, 3.8) is 0 Å². The molecule has 0 unspecified atom stereocenters. The molecule has 0 saturated heterocycles. The minimum absolute atomic E-state index is 0.188. The van der Waals surface area contributed by atoms with Crippen molar-refractivity contribution in [3.05, 3.63) is 56.2 Å². The van der Waals surface area contributed by atoms with Gasteiger partial charge in [-0.05, 0) is 40.2 Å². The summed E-state index contributed by atoms with van der Waals surface area (Å²) in [6.45, 7) is 0. The van der Waals surface area contributed by atoms with E-state index in [4.69, 9.17) is 0 Å². The average Bonchev–Trinajstić information content (AvgIpc) is 2.68. The number of carbonyl (C=O) groups excluding carboxylic acids is 1. The summed E-state index contributed by atoms with van der Waals surface area (Å²) in [5.41, 5.74) is 0.188. The Bertz CT molecular complexity index is 565. The number of thiophene rings is 1. The number of ketones is 1. The van der Waals surface area contributed by atoms with Crippen LogP contribution >= 0.6 is 27.3 Å². The molecule has 17 heavy (non-hydrogen) atoms. The summed E-state index contributed by atoms with van der Waals surface area (Å²) >= 11 is 4.73. The van der Waals surface area contributed by atoms with E-state index in [1.54, 1.807) is 0 Å². The lowest BCUT2D eigenvalue weighted by Gasteiger charge is -2.00. The van der Waals surface area contributed by atoms with Gasteiger partial charge in [-0.15, -0.1) is 11.3 Å². The molecule has 0 aliphatic carbocycles. The molecule has 0 atom stereocenters. The number of rotatable bonds is 3. The summed E-state index contributed by atoms with van der Waals surface area (Å²) in [5, 5.41) is 1.87. The van der Waals surface area contributed by atoms with Crippen LogP contribution in [0.2, 0.25) is 0 Å². The van der Waals surface area contributed by atoms with Gasteiger partial charge in [0.15, 0.2) is 17.4 Å². The number of carbonyl (C=O) groups is 1. The van der Waals surface area contributed by atoms with Gasteiger partial charge in [-0.3, -0.25) is 4.79 Å². The maximum Gasteiger partial charge on any atom is 0.168 e. The third-order valence-corrected chi connectivity index (χ3v) is 3.90. The lowest BCUT2D eigenvalue weighted by Crippen LogP contribution is -2.03. The quantitative estimate of drug-likeness (QED) is 0.775. The first-order chi connectivity index (χ1) is 8.06. The van der Waals surface area contributed by atoms with E-state index in [0.29, 0.717) is 0 Å². The van der Waals surface area contributed by atoms with E-state index >= 15 is 0 Å². The number of hydrogen-bond donors (Lipinski definition) is 0. The monoisotopic (exact) mass is 316 g/mol. The van der Waals surface area contributed by atoms with Gasteiger partial charge in [-0.1, -0.05) is 0 Å². The topological polar surface area (TPSA) is 17.1 Å². The van der Waals surface area contributed by atoms with Crippen molar-refractivity contribution in [1.29, 1.82) is 0 Å². The lowest BCUT2D eigenvalue weighted by molar-refractivity contribution is 0.0993. The van der Waals surface area contributed by atoms with Crippen LogP contribution in [0.15, 0.2) is 34.1 Å². The molecular formula is C12H7BrF2OS. The van der Waals surface area contributed by atoms with Gasteiger partial charge in [0.25, 0.3) is 0 Å². The van der Waals surface area contributed by atoms with Crippen LogP contribution in [0.1, 0.15) is 15.2 Å². The Kier molecular flexibility index (Phi) is 3.69. The standard InChI is InChI=1S/C12H7BrF2OS/c13-8-4-9(17-6-8)5-12(16)7-1-2-10(14)11(15)3-7/h1-4,6H,5H2. The molecule has 1 nitrogen and oxygen atoms in total. The lowest BCUT2D eigenvalue weighted by atomic mass is 10.1. The highest BCUT2D eigenvalue weighted by Gasteiger charge is 2.11. The maximum atomic E-state index is 13.0. The SMILES string of the molecule is O=C(Cc1cc(Br)cs1)c1ccc(F)c(F)c1. The zero-order valence-electron chi connectivity index (χ0n) is 8.54. The fourth-order valence-corrected chi connectivity index (χ4v) is 2.83. The molecule has 88 valence electrons. The van der Waals surface area contributed by atoms with Crippen LogP contribution in [0.25, 0.3) is 0 Å². The highest BCUT2D eigenvalue weighted by atomic mass is 79.9. The summed E-state index contributed by atoms with van der Waals surface area (Å²) < 4.78 is 26.6. The molecule has 0 aliphatic rings. The molecule has 0 spiro atoms. The van der Waals surface area contributed by atoms with Crippen LogP contribution in [-0.2, 0) is 6.42 Å². The molecule has 0 N–H and O–H groups in total. The highest BCUT2D eigenvalue weighted by Crippen LogP contribution is 2.21. The first-order valence-corrected chi connectivity index (χ1v) is 6.44. The van der Waals surface area contributed by atoms with Crippen LogP contribution in [-0.4, -0.2) is 5.78 Å². The van der Waals surface area contributed by atoms with Crippen LogP contribution < -0.4 is 0 Å². The molecule has 0 fully saturated rings. The Balaban J connectivity index is 2.17. The van der Waals surface area contributed by atoms with Gasteiger partial charge in [0.1, 0.15) is 0 Å². The molecule has 2 rings (SSSR count). The van der Waals surface area contributed by atoms with Gasteiger partial charge in [0.05, 0.1) is 0 Å². The molecule has 0 amide bonds. The first-order valence-electron chi connectivity index (χ1n) is 4.77. The van der Waals surface area contributed by atoms with Crippen molar-refractivity contribution in [3.8, 4) is 0 Å². The van der Waals surface area contributed by atoms with Gasteiger partial charge in [-0.25, -0.2) is 8.78 Å². The van der Waals surface area contributed by atoms with Crippen LogP contribution in [0, 0.1) is 11.6 Å². The summed E-state index contributed by atoms with van der Waals surface area (Å²) in [5.74, 6) is -2.16. The molecule has 0 bridgehead atoms. The Morgan fingerprint density at radius 3 is 2.59 bits per heavy atom. The number of Topliss-reactive ketones (excluding diaryl/α,β-unsaturated/α-hetero) is 1. The largest absolute Gasteiger partial charge is 0.294 e. The van der Waals surface area contributed by atoms with Gasteiger partial charge < -0.3 is 0 Å². The Labute approximate surface area is 109 Å². The van der Waals surface area contributed by atoms with E-state index in [1.807, 2.05) is 11.4 Å². The Hall–Kier alpha value is -1.07. The smallest absolute Gasteiger partial charge is 0.168 e. The van der Waals surface area contributed by atoms with E-state index in [1.165, 1.54) is 17.4 Å². The van der Waals surface area contributed by atoms with Crippen molar-refractivity contribution in [2.45, 2.75) is 6.42 Å². The Morgan fingerprint density at radius 1 is 1.24 bits per heavy atom. The summed E-state index contributed by atoms with van der Waals surface area (Å²) in [4.78, 5) is 12.7. The van der Waals surface area contributed by atoms with Gasteiger partial charge >= 0.3 is 0 Å². The third-order valence-electron chi connectivity index (χ3n) is 2.20. The minimum atomic E-state index is -0.997. The molecule has 2 aromatic rings. The van der Waals surface area contributed by atoms with Gasteiger partial charge in [0, 0.05) is 26.7 Å². The molecule has 0 radical (unpaired) electrons. The molecule has 5 heteroatoms. The van der Waals surface area contributed by atoms with Crippen molar-refractivity contribution in [2.24, 2.45) is 0 Å². The van der Waals surface area contributed by atoms with E-state index < -0.39 is 11.6 Å². The molecule has 0 saturated carbocycles. The van der Waals surface area contributed by atoms with E-state index in [9.17, 15) is 13.6 Å². The molecule has 1 heterocycles. The van der Waals surface area contributed by atoms with Crippen molar-refractivity contribution >= 4 is 33.0 Å². The summed E-state index contributed by atoms with van der Waals surface area (Å²) in [6, 6.07) is 5.03. The predicted octanol–water partition coefficient (Wildman–Crippen LogP) is 4.21. The summed E-state index contributed by atoms with van der Waals surface area (Å²) in [6.07, 6.45) is 0.196. The second-order valence-corrected chi connectivity index (χ2v) is 5.37. The highest BCUT2D eigenvalue weighted by molar-refractivity contribution is 9.10. The zero-order chi connectivity index (χ0) is 12.4. The van der Waals surface area contributed by atoms with Crippen molar-refractivity contribution < 1.29 is 13.6 Å². The van der Waals surface area contributed by atoms with Gasteiger partial charge in [-0.2, -0.15) is 0 Å². The van der Waals surface area contributed by atoms with Crippen LogP contribution in [0.3, 0.4) is 0 Å². The molecular weight excluding hydrogens is 310 g/mol. The Morgan fingerprint density at radius 2 is 2.00 bits per heavy atom. The minimum Gasteiger partial charge on any atom is -0.294 e. The van der Waals surface area contributed by atoms with E-state index in [2.05, 4.69) is 15.9 Å². The average molecular weight is 317 g/mol. The molecule has 0 aliphatic heterocycles. The van der Waals surface area contributed by atoms with E-state index in [-0.39, 0.29) is 17.8 Å². The second kappa shape index (κ2) is 5.06. The number of benzene rings is 1. The number of hydrogen-bond acceptors (Lipinski definition) is 2. The van der Waals surface area contributed by atoms with Crippen LogP contribution in [0.5, 0.6) is 0 Å². The van der Waals surface area contributed by atoms with Crippen molar-refractivity contribution in [1.82, 2.24) is 0 Å².